The van der Waals surface area contributed by atoms with Crippen LogP contribution in [0.15, 0.2) is 0 Å². The van der Waals surface area contributed by atoms with Crippen molar-refractivity contribution in [2.75, 3.05) is 6.61 Å². The average molecular weight is 296 g/mol. The van der Waals surface area contributed by atoms with Crippen LogP contribution in [0.25, 0.3) is 0 Å². The van der Waals surface area contributed by atoms with Crippen LogP contribution in [-0.2, 0) is 13.9 Å². The molecule has 1 aliphatic rings. The second-order valence-electron chi connectivity index (χ2n) is 4.83. The number of aliphatic hydroxyl groups excluding tert-OH is 2. The summed E-state index contributed by atoms with van der Waals surface area (Å²) in [5.41, 5.74) is -1.12. The Morgan fingerprint density at radius 2 is 1.84 bits per heavy atom. The van der Waals surface area contributed by atoms with E-state index in [9.17, 15) is 34.5 Å². The van der Waals surface area contributed by atoms with Gasteiger partial charge >= 0.3 is 0 Å². The third kappa shape index (κ3) is 5.66. The lowest BCUT2D eigenvalue weighted by molar-refractivity contribution is -0.341. The van der Waals surface area contributed by atoms with E-state index in [0.717, 1.165) is 12.8 Å². The zero-order chi connectivity index (χ0) is 14.7. The summed E-state index contributed by atoms with van der Waals surface area (Å²) in [4.78, 5) is 31.6. The Bertz CT molecular complexity index is 359. The Morgan fingerprint density at radius 1 is 1.32 bits per heavy atom. The molecule has 112 valence electrons. The van der Waals surface area contributed by atoms with Gasteiger partial charge in [0.1, 0.15) is 12.7 Å². The highest BCUT2D eigenvalue weighted by Gasteiger charge is 2.37. The molecule has 2 unspecified atom stereocenters. The van der Waals surface area contributed by atoms with E-state index in [1.165, 1.54) is 0 Å². The molecule has 9 heteroatoms. The third-order valence-corrected chi connectivity index (χ3v) is 3.63. The van der Waals surface area contributed by atoms with Crippen LogP contribution in [0.4, 0.5) is 0 Å². The van der Waals surface area contributed by atoms with E-state index in [1.807, 2.05) is 0 Å². The highest BCUT2D eigenvalue weighted by atomic mass is 31.2. The molecule has 0 saturated heterocycles. The summed E-state index contributed by atoms with van der Waals surface area (Å²) in [6.07, 6.45) is -1.08. The Morgan fingerprint density at radius 3 is 2.32 bits per heavy atom. The lowest BCUT2D eigenvalue weighted by atomic mass is 9.91. The Hall–Kier alpha value is -0.340. The van der Waals surface area contributed by atoms with E-state index >= 15 is 0 Å². The standard InChI is InChI=1S/C10H19O8P/c11-7(5-10(14)3-1-2-4-10)9(13)8(12)6-18-19(15,16)17/h7,9,11,13-14H,1-6H2,(H2,15,16,17)/p-2. The molecule has 1 fully saturated rings. The molecule has 0 aromatic carbocycles. The van der Waals surface area contributed by atoms with Crippen molar-refractivity contribution < 1.29 is 39.0 Å². The fourth-order valence-corrected chi connectivity index (χ4v) is 2.47. The van der Waals surface area contributed by atoms with Gasteiger partial charge in [-0.1, -0.05) is 12.8 Å². The minimum Gasteiger partial charge on any atom is -0.790 e. The summed E-state index contributed by atoms with van der Waals surface area (Å²) in [7, 11) is -5.29. The molecule has 1 saturated carbocycles. The number of phosphoric acid groups is 1. The van der Waals surface area contributed by atoms with Crippen molar-refractivity contribution in [2.45, 2.75) is 49.9 Å². The molecule has 2 atom stereocenters. The van der Waals surface area contributed by atoms with E-state index in [0.29, 0.717) is 12.8 Å². The monoisotopic (exact) mass is 296 g/mol. The molecule has 1 rings (SSSR count). The maximum Gasteiger partial charge on any atom is 0.189 e. The number of hydrogen-bond acceptors (Lipinski definition) is 8. The number of ketones is 1. The summed E-state index contributed by atoms with van der Waals surface area (Å²) >= 11 is 0. The van der Waals surface area contributed by atoms with E-state index < -0.39 is 38.0 Å². The number of carbonyl (C=O) groups excluding carboxylic acids is 1. The van der Waals surface area contributed by atoms with Crippen LogP contribution in [0.3, 0.4) is 0 Å². The van der Waals surface area contributed by atoms with Gasteiger partial charge < -0.3 is 34.2 Å². The highest BCUT2D eigenvalue weighted by molar-refractivity contribution is 7.43. The summed E-state index contributed by atoms with van der Waals surface area (Å²) in [6, 6.07) is 0. The number of aliphatic hydroxyl groups is 3. The van der Waals surface area contributed by atoms with Crippen LogP contribution >= 0.6 is 7.82 Å². The van der Waals surface area contributed by atoms with Gasteiger partial charge in [-0.15, -0.1) is 0 Å². The minimum absolute atomic E-state index is 0.188. The van der Waals surface area contributed by atoms with Crippen LogP contribution in [0.5, 0.6) is 0 Å². The lowest BCUT2D eigenvalue weighted by Crippen LogP contribution is -2.42. The number of hydrogen-bond donors (Lipinski definition) is 3. The normalized spacial score (nSPS) is 22.2. The van der Waals surface area contributed by atoms with Gasteiger partial charge in [0.25, 0.3) is 0 Å². The number of phosphoric ester groups is 1. The van der Waals surface area contributed by atoms with E-state index in [2.05, 4.69) is 4.52 Å². The van der Waals surface area contributed by atoms with Crippen molar-refractivity contribution in [3.05, 3.63) is 0 Å². The fraction of sp³-hybridized carbons (Fsp3) is 0.900. The van der Waals surface area contributed by atoms with Gasteiger partial charge in [0, 0.05) is 6.42 Å². The first-order valence-corrected chi connectivity index (χ1v) is 7.37. The number of Topliss-reactive ketones (excluding diaryl/α,β-unsaturated/α-hetero) is 1. The zero-order valence-electron chi connectivity index (χ0n) is 10.2. The van der Waals surface area contributed by atoms with Gasteiger partial charge in [-0.3, -0.25) is 4.79 Å². The molecule has 0 spiro atoms. The topological polar surface area (TPSA) is 150 Å². The summed E-state index contributed by atoms with van der Waals surface area (Å²) in [5, 5.41) is 29.1. The molecule has 8 nitrogen and oxygen atoms in total. The Kier molecular flexibility index (Phi) is 5.64. The summed E-state index contributed by atoms with van der Waals surface area (Å²) in [6.45, 7) is -1.12. The molecule has 1 aliphatic carbocycles. The quantitative estimate of drug-likeness (QED) is 0.448. The molecule has 0 radical (unpaired) electrons. The predicted molar refractivity (Wildman–Crippen MR) is 58.6 cm³/mol. The fourth-order valence-electron chi connectivity index (χ4n) is 2.18. The van der Waals surface area contributed by atoms with Crippen LogP contribution in [0.2, 0.25) is 0 Å². The second-order valence-corrected chi connectivity index (χ2v) is 5.99. The van der Waals surface area contributed by atoms with Gasteiger partial charge in [-0.2, -0.15) is 0 Å². The predicted octanol–water partition coefficient (Wildman–Crippen LogP) is -2.18. The molecule has 0 aliphatic heterocycles. The Labute approximate surface area is 110 Å². The van der Waals surface area contributed by atoms with E-state index in [4.69, 9.17) is 0 Å². The maximum absolute atomic E-state index is 11.3. The zero-order valence-corrected chi connectivity index (χ0v) is 11.1. The first-order chi connectivity index (χ1) is 8.63. The van der Waals surface area contributed by atoms with Crippen molar-refractivity contribution in [2.24, 2.45) is 0 Å². The molecular formula is C10H17O8P-2. The van der Waals surface area contributed by atoms with Gasteiger partial charge in [-0.05, 0) is 12.8 Å². The van der Waals surface area contributed by atoms with Crippen molar-refractivity contribution >= 4 is 13.6 Å². The first-order valence-electron chi connectivity index (χ1n) is 5.91. The van der Waals surface area contributed by atoms with Crippen molar-refractivity contribution in [1.29, 1.82) is 0 Å². The molecule has 0 heterocycles. The van der Waals surface area contributed by atoms with Crippen LogP contribution < -0.4 is 9.79 Å². The van der Waals surface area contributed by atoms with Crippen molar-refractivity contribution in [3.63, 3.8) is 0 Å². The molecule has 3 N–H and O–H groups in total. The molecule has 0 aromatic heterocycles. The molecule has 19 heavy (non-hydrogen) atoms. The highest BCUT2D eigenvalue weighted by Crippen LogP contribution is 2.34. The molecule has 0 aromatic rings. The van der Waals surface area contributed by atoms with Gasteiger partial charge in [0.2, 0.25) is 0 Å². The van der Waals surface area contributed by atoms with E-state index in [1.54, 1.807) is 0 Å². The minimum atomic E-state index is -5.29. The van der Waals surface area contributed by atoms with Crippen LogP contribution in [-0.4, -0.2) is 45.5 Å². The maximum atomic E-state index is 11.3. The van der Waals surface area contributed by atoms with Crippen molar-refractivity contribution in [1.82, 2.24) is 0 Å². The average Bonchev–Trinajstić information content (AvgIpc) is 2.70. The van der Waals surface area contributed by atoms with Crippen LogP contribution in [0, 0.1) is 0 Å². The lowest BCUT2D eigenvalue weighted by Gasteiger charge is -2.30. The largest absolute Gasteiger partial charge is 0.790 e. The van der Waals surface area contributed by atoms with Gasteiger partial charge in [-0.25, -0.2) is 0 Å². The third-order valence-electron chi connectivity index (χ3n) is 3.18. The summed E-state index contributed by atoms with van der Waals surface area (Å²) in [5.74, 6) is -1.12. The number of rotatable bonds is 7. The Balaban J connectivity index is 2.45. The summed E-state index contributed by atoms with van der Waals surface area (Å²) < 4.78 is 13.9. The SMILES string of the molecule is O=C(COP(=O)([O-])[O-])C(O)C(O)CC1(O)CCCC1. The molecule has 0 amide bonds. The van der Waals surface area contributed by atoms with E-state index in [-0.39, 0.29) is 6.42 Å². The molecule has 0 bridgehead atoms. The van der Waals surface area contributed by atoms with Crippen molar-refractivity contribution in [3.8, 4) is 0 Å². The van der Waals surface area contributed by atoms with Crippen LogP contribution in [0.1, 0.15) is 32.1 Å². The molecular weight excluding hydrogens is 279 g/mol. The number of carbonyl (C=O) groups is 1. The second kappa shape index (κ2) is 6.41. The van der Waals surface area contributed by atoms with Gasteiger partial charge in [0.15, 0.2) is 5.78 Å². The van der Waals surface area contributed by atoms with Gasteiger partial charge in [0.05, 0.1) is 19.5 Å². The first kappa shape index (κ1) is 16.7. The smallest absolute Gasteiger partial charge is 0.189 e.